The summed E-state index contributed by atoms with van der Waals surface area (Å²) in [7, 11) is 1.59. The third-order valence-electron chi connectivity index (χ3n) is 5.67. The minimum atomic E-state index is -0.734. The molecule has 36 heavy (non-hydrogen) atoms. The number of anilines is 1. The van der Waals surface area contributed by atoms with Gasteiger partial charge in [0.25, 0.3) is 5.91 Å². The molecular formula is C27H17N3O4S2. The van der Waals surface area contributed by atoms with Crippen molar-refractivity contribution >= 4 is 71.9 Å². The molecule has 9 heteroatoms. The minimum absolute atomic E-state index is 0.126. The van der Waals surface area contributed by atoms with Crippen molar-refractivity contribution in [1.29, 1.82) is 0 Å². The highest BCUT2D eigenvalue weighted by Crippen LogP contribution is 2.33. The van der Waals surface area contributed by atoms with Crippen LogP contribution in [0.5, 0.6) is 5.75 Å². The average molecular weight is 512 g/mol. The number of hydrogen-bond acceptors (Lipinski definition) is 8. The van der Waals surface area contributed by atoms with Crippen LogP contribution in [0.25, 0.3) is 32.0 Å². The van der Waals surface area contributed by atoms with Gasteiger partial charge in [0.15, 0.2) is 0 Å². The third-order valence-corrected chi connectivity index (χ3v) is 7.47. The lowest BCUT2D eigenvalue weighted by molar-refractivity contribution is 0.0984. The number of nitrogens with zero attached hydrogens (tertiary/aromatic N) is 3. The smallest absolute Gasteiger partial charge is 0.349 e. The van der Waals surface area contributed by atoms with Crippen molar-refractivity contribution < 1.29 is 13.9 Å². The summed E-state index contributed by atoms with van der Waals surface area (Å²) in [6.07, 6.45) is 1.58. The first kappa shape index (κ1) is 22.1. The lowest BCUT2D eigenvalue weighted by Gasteiger charge is -2.13. The molecule has 0 radical (unpaired) electrons. The molecule has 0 spiro atoms. The van der Waals surface area contributed by atoms with Crippen LogP contribution >= 0.6 is 22.7 Å². The van der Waals surface area contributed by atoms with Gasteiger partial charge in [-0.25, -0.2) is 9.78 Å². The summed E-state index contributed by atoms with van der Waals surface area (Å²) in [6.45, 7) is 0. The molecule has 0 atom stereocenters. The SMILES string of the molecule is COc1ccc2nc(N(/N=C/c3cccs3)C(=O)c3cc4c(ccc5ccccc54)oc3=O)sc2c1. The molecule has 0 N–H and O–H groups in total. The Morgan fingerprint density at radius 2 is 1.94 bits per heavy atom. The molecule has 7 nitrogen and oxygen atoms in total. The summed E-state index contributed by atoms with van der Waals surface area (Å²) in [5.74, 6) is 0.0529. The molecule has 3 aromatic carbocycles. The van der Waals surface area contributed by atoms with E-state index in [0.29, 0.717) is 27.4 Å². The maximum absolute atomic E-state index is 13.8. The monoisotopic (exact) mass is 511 g/mol. The third kappa shape index (κ3) is 3.94. The van der Waals surface area contributed by atoms with Crippen LogP contribution in [0, 0.1) is 0 Å². The van der Waals surface area contributed by atoms with Crippen molar-refractivity contribution in [2.45, 2.75) is 0 Å². The van der Waals surface area contributed by atoms with Crippen molar-refractivity contribution in [2.75, 3.05) is 12.1 Å². The van der Waals surface area contributed by atoms with Gasteiger partial charge in [-0.1, -0.05) is 47.7 Å². The van der Waals surface area contributed by atoms with Gasteiger partial charge in [-0.2, -0.15) is 10.1 Å². The Labute approximate surface area is 212 Å². The molecular weight excluding hydrogens is 494 g/mol. The Bertz CT molecular complexity index is 1840. The highest BCUT2D eigenvalue weighted by molar-refractivity contribution is 7.22. The molecule has 3 heterocycles. The number of ether oxygens (including phenoxy) is 1. The number of rotatable bonds is 5. The van der Waals surface area contributed by atoms with Gasteiger partial charge in [0.2, 0.25) is 5.13 Å². The predicted octanol–water partition coefficient (Wildman–Crippen LogP) is 6.31. The number of aromatic nitrogens is 1. The molecule has 176 valence electrons. The van der Waals surface area contributed by atoms with Crippen molar-refractivity contribution in [1.82, 2.24) is 4.98 Å². The molecule has 3 aromatic heterocycles. The normalized spacial score (nSPS) is 11.6. The zero-order chi connectivity index (χ0) is 24.6. The first-order chi connectivity index (χ1) is 17.6. The van der Waals surface area contributed by atoms with E-state index in [1.165, 1.54) is 22.7 Å². The molecule has 6 aromatic rings. The van der Waals surface area contributed by atoms with Crippen molar-refractivity contribution in [2.24, 2.45) is 5.10 Å². The highest BCUT2D eigenvalue weighted by atomic mass is 32.1. The fraction of sp³-hybridized carbons (Fsp3) is 0.0370. The van der Waals surface area contributed by atoms with Crippen LogP contribution < -0.4 is 15.4 Å². The number of thiophene rings is 1. The summed E-state index contributed by atoms with van der Waals surface area (Å²) in [6, 6.07) is 22.2. The topological polar surface area (TPSA) is 85.0 Å². The summed E-state index contributed by atoms with van der Waals surface area (Å²) in [5, 5.41) is 10.4. The van der Waals surface area contributed by atoms with Crippen LogP contribution in [-0.4, -0.2) is 24.2 Å². The van der Waals surface area contributed by atoms with E-state index in [1.807, 2.05) is 60.0 Å². The van der Waals surface area contributed by atoms with E-state index >= 15 is 0 Å². The molecule has 0 fully saturated rings. The fourth-order valence-corrected chi connectivity index (χ4v) is 5.44. The maximum atomic E-state index is 13.8. The first-order valence-electron chi connectivity index (χ1n) is 10.9. The van der Waals surface area contributed by atoms with Gasteiger partial charge in [0.1, 0.15) is 16.9 Å². The van der Waals surface area contributed by atoms with Crippen molar-refractivity contribution in [3.8, 4) is 5.75 Å². The first-order valence-corrected chi connectivity index (χ1v) is 12.6. The fourth-order valence-electron chi connectivity index (χ4n) is 3.91. The molecule has 0 saturated carbocycles. The number of carbonyl (C=O) groups excluding carboxylic acids is 1. The number of amides is 1. The minimum Gasteiger partial charge on any atom is -0.497 e. The van der Waals surface area contributed by atoms with Gasteiger partial charge in [0, 0.05) is 10.3 Å². The number of carbonyl (C=O) groups is 1. The number of hydrogen-bond donors (Lipinski definition) is 0. The van der Waals surface area contributed by atoms with Crippen LogP contribution in [0.1, 0.15) is 15.2 Å². The molecule has 0 aliphatic heterocycles. The Kier molecular flexibility index (Phi) is 5.55. The van der Waals surface area contributed by atoms with Crippen molar-refractivity contribution in [3.63, 3.8) is 0 Å². The van der Waals surface area contributed by atoms with Gasteiger partial charge < -0.3 is 9.15 Å². The second kappa shape index (κ2) is 9.03. The molecule has 0 bridgehead atoms. The van der Waals surface area contributed by atoms with Crippen LogP contribution in [0.15, 0.2) is 92.5 Å². The van der Waals surface area contributed by atoms with Gasteiger partial charge in [0.05, 0.1) is 23.5 Å². The van der Waals surface area contributed by atoms with E-state index in [2.05, 4.69) is 10.1 Å². The Morgan fingerprint density at radius 1 is 1.06 bits per heavy atom. The van der Waals surface area contributed by atoms with E-state index < -0.39 is 11.5 Å². The lowest BCUT2D eigenvalue weighted by Crippen LogP contribution is -2.30. The zero-order valence-electron chi connectivity index (χ0n) is 18.9. The molecule has 0 unspecified atom stereocenters. The van der Waals surface area contributed by atoms with Gasteiger partial charge in [-0.3, -0.25) is 4.79 Å². The van der Waals surface area contributed by atoms with Crippen LogP contribution in [0.3, 0.4) is 0 Å². The summed E-state index contributed by atoms with van der Waals surface area (Å²) in [5.41, 5.74) is 0.244. The van der Waals surface area contributed by atoms with Crippen molar-refractivity contribution in [3.05, 3.63) is 99.0 Å². The summed E-state index contributed by atoms with van der Waals surface area (Å²) in [4.78, 5) is 32.2. The van der Waals surface area contributed by atoms with E-state index in [9.17, 15) is 9.59 Å². The Morgan fingerprint density at radius 3 is 2.78 bits per heavy atom. The van der Waals surface area contributed by atoms with E-state index in [-0.39, 0.29) is 5.56 Å². The standard InChI is InChI=1S/C27H17N3O4S2/c1-33-17-9-10-22-24(13-17)36-27(29-22)30(28-15-18-6-4-12-35-18)25(31)21-14-20-19-7-3-2-5-16(19)8-11-23(20)34-26(21)32/h2-15H,1H3/b28-15+. The van der Waals surface area contributed by atoms with Crippen LogP contribution in [0.4, 0.5) is 5.13 Å². The maximum Gasteiger partial charge on any atom is 0.349 e. The number of fused-ring (bicyclic) bond motifs is 4. The average Bonchev–Trinajstić information content (AvgIpc) is 3.57. The second-order valence-electron chi connectivity index (χ2n) is 7.85. The zero-order valence-corrected chi connectivity index (χ0v) is 20.5. The highest BCUT2D eigenvalue weighted by Gasteiger charge is 2.25. The number of hydrazone groups is 1. The molecule has 6 rings (SSSR count). The van der Waals surface area contributed by atoms with E-state index in [0.717, 1.165) is 25.4 Å². The lowest BCUT2D eigenvalue weighted by atomic mass is 10.0. The predicted molar refractivity (Wildman–Crippen MR) is 145 cm³/mol. The molecule has 0 saturated heterocycles. The van der Waals surface area contributed by atoms with E-state index in [1.54, 1.807) is 31.5 Å². The van der Waals surface area contributed by atoms with Crippen LogP contribution in [0.2, 0.25) is 0 Å². The number of methoxy groups -OCH3 is 1. The van der Waals surface area contributed by atoms with Gasteiger partial charge in [-0.15, -0.1) is 11.3 Å². The van der Waals surface area contributed by atoms with E-state index in [4.69, 9.17) is 9.15 Å². The largest absolute Gasteiger partial charge is 0.497 e. The quantitative estimate of drug-likeness (QED) is 0.117. The summed E-state index contributed by atoms with van der Waals surface area (Å²) < 4.78 is 11.7. The van der Waals surface area contributed by atoms with Gasteiger partial charge >= 0.3 is 5.63 Å². The number of thiazole rings is 1. The Hall–Kier alpha value is -4.34. The number of benzene rings is 3. The van der Waals surface area contributed by atoms with Crippen LogP contribution in [-0.2, 0) is 0 Å². The molecule has 0 aliphatic carbocycles. The Balaban J connectivity index is 1.51. The van der Waals surface area contributed by atoms with Gasteiger partial charge in [-0.05, 0) is 52.6 Å². The summed E-state index contributed by atoms with van der Waals surface area (Å²) >= 11 is 2.76. The molecule has 1 amide bonds. The second-order valence-corrected chi connectivity index (χ2v) is 9.84. The molecule has 0 aliphatic rings.